The second kappa shape index (κ2) is 17.5. The Bertz CT molecular complexity index is 1000. The first-order chi connectivity index (χ1) is 19.1. The second-order valence-electron chi connectivity index (χ2n) is 10.4. The summed E-state index contributed by atoms with van der Waals surface area (Å²) in [4.78, 5) is 28.1. The second-order valence-corrected chi connectivity index (χ2v) is 10.4. The standard InChI is InChI=1S/C32H47N3O4/c1-3-4-5-6-7-8-9-13-24-39-28-17-14-26(15-18-28)32(37)34-29-25-27(16-19-30(29)38-2)31(36)33-20-23-35-21-11-10-12-22-35/h14-19,25H,3-13,20-24H2,1-2H3,(H,33,36)(H,34,37). The number of carbonyl (C=O) groups excluding carboxylic acids is 2. The predicted molar refractivity (Wildman–Crippen MR) is 158 cm³/mol. The van der Waals surface area contributed by atoms with Crippen molar-refractivity contribution in [1.82, 2.24) is 10.2 Å². The fourth-order valence-corrected chi connectivity index (χ4v) is 4.88. The summed E-state index contributed by atoms with van der Waals surface area (Å²) in [5, 5.41) is 5.88. The molecule has 7 heteroatoms. The van der Waals surface area contributed by atoms with E-state index in [1.165, 1.54) is 64.2 Å². The normalized spacial score (nSPS) is 13.6. The summed E-state index contributed by atoms with van der Waals surface area (Å²) in [6.45, 7) is 6.57. The summed E-state index contributed by atoms with van der Waals surface area (Å²) in [5.74, 6) is 0.822. The third-order valence-corrected chi connectivity index (χ3v) is 7.26. The van der Waals surface area contributed by atoms with Crippen molar-refractivity contribution in [1.29, 1.82) is 0 Å². The van der Waals surface area contributed by atoms with Crippen molar-refractivity contribution in [3.63, 3.8) is 0 Å². The molecule has 0 unspecified atom stereocenters. The molecule has 0 saturated carbocycles. The maximum atomic E-state index is 12.9. The molecule has 0 radical (unpaired) electrons. The molecule has 0 aliphatic carbocycles. The average molecular weight is 538 g/mol. The van der Waals surface area contributed by atoms with Gasteiger partial charge in [0.05, 0.1) is 19.4 Å². The van der Waals surface area contributed by atoms with Gasteiger partial charge in [0.25, 0.3) is 11.8 Å². The molecule has 2 aromatic rings. The molecule has 1 heterocycles. The molecule has 2 amide bonds. The summed E-state index contributed by atoms with van der Waals surface area (Å²) in [6.07, 6.45) is 13.8. The van der Waals surface area contributed by atoms with Crippen LogP contribution in [0.15, 0.2) is 42.5 Å². The van der Waals surface area contributed by atoms with Crippen molar-refractivity contribution in [2.45, 2.75) is 77.6 Å². The Kier molecular flexibility index (Phi) is 13.7. The van der Waals surface area contributed by atoms with E-state index in [-0.39, 0.29) is 11.8 Å². The number of nitrogens with zero attached hydrogens (tertiary/aromatic N) is 1. The third-order valence-electron chi connectivity index (χ3n) is 7.26. The average Bonchev–Trinajstić information content (AvgIpc) is 2.97. The first-order valence-corrected chi connectivity index (χ1v) is 14.8. The highest BCUT2D eigenvalue weighted by molar-refractivity contribution is 6.06. The monoisotopic (exact) mass is 537 g/mol. The van der Waals surface area contributed by atoms with Gasteiger partial charge in [0.15, 0.2) is 0 Å². The quantitative estimate of drug-likeness (QED) is 0.220. The molecule has 0 atom stereocenters. The van der Waals surface area contributed by atoms with E-state index in [1.807, 2.05) is 12.1 Å². The van der Waals surface area contributed by atoms with Crippen LogP contribution in [0, 0.1) is 0 Å². The van der Waals surface area contributed by atoms with Gasteiger partial charge in [-0.2, -0.15) is 0 Å². The fourth-order valence-electron chi connectivity index (χ4n) is 4.88. The summed E-state index contributed by atoms with van der Waals surface area (Å²) >= 11 is 0. The van der Waals surface area contributed by atoms with Crippen LogP contribution in [0.2, 0.25) is 0 Å². The van der Waals surface area contributed by atoms with Crippen molar-refractivity contribution in [2.24, 2.45) is 0 Å². The third kappa shape index (κ3) is 10.9. The van der Waals surface area contributed by atoms with Gasteiger partial charge in [-0.1, -0.05) is 58.3 Å². The molecule has 1 fully saturated rings. The number of piperidine rings is 1. The Morgan fingerprint density at radius 3 is 2.18 bits per heavy atom. The fraction of sp³-hybridized carbons (Fsp3) is 0.562. The van der Waals surface area contributed by atoms with Gasteiger partial charge in [0.2, 0.25) is 0 Å². The van der Waals surface area contributed by atoms with Crippen molar-refractivity contribution in [3.8, 4) is 11.5 Å². The molecule has 2 aromatic carbocycles. The highest BCUT2D eigenvalue weighted by atomic mass is 16.5. The van der Waals surface area contributed by atoms with Crippen LogP contribution in [0.25, 0.3) is 0 Å². The molecule has 2 N–H and O–H groups in total. The van der Waals surface area contributed by atoms with Crippen LogP contribution in [0.4, 0.5) is 5.69 Å². The van der Waals surface area contributed by atoms with E-state index in [0.29, 0.717) is 35.7 Å². The van der Waals surface area contributed by atoms with Crippen molar-refractivity contribution in [3.05, 3.63) is 53.6 Å². The maximum Gasteiger partial charge on any atom is 0.255 e. The number of amides is 2. The molecule has 0 bridgehead atoms. The van der Waals surface area contributed by atoms with Crippen LogP contribution in [-0.4, -0.2) is 56.6 Å². The van der Waals surface area contributed by atoms with Crippen LogP contribution in [-0.2, 0) is 0 Å². The minimum absolute atomic E-state index is 0.164. The van der Waals surface area contributed by atoms with Crippen LogP contribution < -0.4 is 20.1 Å². The molecule has 3 rings (SSSR count). The van der Waals surface area contributed by atoms with Gasteiger partial charge in [-0.25, -0.2) is 0 Å². The number of rotatable bonds is 17. The lowest BCUT2D eigenvalue weighted by Crippen LogP contribution is -2.37. The van der Waals surface area contributed by atoms with E-state index in [0.717, 1.165) is 31.8 Å². The Labute approximate surface area is 234 Å². The minimum atomic E-state index is -0.273. The van der Waals surface area contributed by atoms with Crippen LogP contribution >= 0.6 is 0 Å². The smallest absolute Gasteiger partial charge is 0.255 e. The topological polar surface area (TPSA) is 79.9 Å². The van der Waals surface area contributed by atoms with Gasteiger partial charge in [-0.3, -0.25) is 9.59 Å². The molecule has 1 aliphatic heterocycles. The van der Waals surface area contributed by atoms with Crippen LogP contribution in [0.5, 0.6) is 11.5 Å². The molecule has 0 spiro atoms. The minimum Gasteiger partial charge on any atom is -0.495 e. The number of methoxy groups -OCH3 is 1. The van der Waals surface area contributed by atoms with Gasteiger partial charge in [0, 0.05) is 24.2 Å². The van der Waals surface area contributed by atoms with E-state index >= 15 is 0 Å². The highest BCUT2D eigenvalue weighted by Gasteiger charge is 2.15. The lowest BCUT2D eigenvalue weighted by molar-refractivity contribution is 0.0945. The first-order valence-electron chi connectivity index (χ1n) is 14.8. The first kappa shape index (κ1) is 30.5. The molecule has 39 heavy (non-hydrogen) atoms. The number of carbonyl (C=O) groups is 2. The number of benzene rings is 2. The molecular formula is C32H47N3O4. The van der Waals surface area contributed by atoms with E-state index in [2.05, 4.69) is 22.5 Å². The highest BCUT2D eigenvalue weighted by Crippen LogP contribution is 2.26. The molecule has 1 aliphatic rings. The molecule has 214 valence electrons. The van der Waals surface area contributed by atoms with E-state index < -0.39 is 0 Å². The molecule has 0 aromatic heterocycles. The van der Waals surface area contributed by atoms with Gasteiger partial charge >= 0.3 is 0 Å². The SMILES string of the molecule is CCCCCCCCCCOc1ccc(C(=O)Nc2cc(C(=O)NCCN3CCCCC3)ccc2OC)cc1. The maximum absolute atomic E-state index is 12.9. The van der Waals surface area contributed by atoms with Gasteiger partial charge < -0.3 is 25.0 Å². The van der Waals surface area contributed by atoms with Crippen molar-refractivity contribution < 1.29 is 19.1 Å². The molecule has 1 saturated heterocycles. The number of likely N-dealkylation sites (tertiary alicyclic amines) is 1. The zero-order valence-corrected chi connectivity index (χ0v) is 23.9. The zero-order chi connectivity index (χ0) is 27.7. The van der Waals surface area contributed by atoms with E-state index in [1.54, 1.807) is 37.4 Å². The van der Waals surface area contributed by atoms with E-state index in [9.17, 15) is 9.59 Å². The Morgan fingerprint density at radius 1 is 0.821 bits per heavy atom. The van der Waals surface area contributed by atoms with Crippen molar-refractivity contribution >= 4 is 17.5 Å². The van der Waals surface area contributed by atoms with Gasteiger partial charge in [-0.05, 0) is 74.8 Å². The number of hydrogen-bond donors (Lipinski definition) is 2. The summed E-state index contributed by atoms with van der Waals surface area (Å²) in [5.41, 5.74) is 1.45. The Morgan fingerprint density at radius 2 is 1.49 bits per heavy atom. The largest absolute Gasteiger partial charge is 0.495 e. The Balaban J connectivity index is 1.44. The van der Waals surface area contributed by atoms with Gasteiger partial charge in [-0.15, -0.1) is 0 Å². The summed E-state index contributed by atoms with van der Waals surface area (Å²) < 4.78 is 11.3. The summed E-state index contributed by atoms with van der Waals surface area (Å²) in [7, 11) is 1.54. The lowest BCUT2D eigenvalue weighted by Gasteiger charge is -2.26. The van der Waals surface area contributed by atoms with Crippen LogP contribution in [0.1, 0.15) is 98.3 Å². The number of nitrogens with one attached hydrogen (secondary N) is 2. The number of anilines is 1. The number of hydrogen-bond acceptors (Lipinski definition) is 5. The van der Waals surface area contributed by atoms with Crippen LogP contribution in [0.3, 0.4) is 0 Å². The molecular weight excluding hydrogens is 490 g/mol. The summed E-state index contributed by atoms with van der Waals surface area (Å²) in [6, 6.07) is 12.2. The van der Waals surface area contributed by atoms with Crippen molar-refractivity contribution in [2.75, 3.05) is 45.2 Å². The predicted octanol–water partition coefficient (Wildman–Crippen LogP) is 6.68. The number of ether oxygens (including phenoxy) is 2. The lowest BCUT2D eigenvalue weighted by atomic mass is 10.1. The van der Waals surface area contributed by atoms with E-state index in [4.69, 9.17) is 9.47 Å². The number of unbranched alkanes of at least 4 members (excludes halogenated alkanes) is 7. The van der Waals surface area contributed by atoms with Gasteiger partial charge in [0.1, 0.15) is 11.5 Å². The Hall–Kier alpha value is -3.06. The zero-order valence-electron chi connectivity index (χ0n) is 23.9. The molecule has 7 nitrogen and oxygen atoms in total.